The molecule has 0 amide bonds. The first-order valence-corrected chi connectivity index (χ1v) is 12.4. The molecule has 2 aliphatic carbocycles. The monoisotopic (exact) mass is 430 g/mol. The highest BCUT2D eigenvalue weighted by molar-refractivity contribution is 6.22. The molecule has 0 bridgehead atoms. The summed E-state index contributed by atoms with van der Waals surface area (Å²) in [5.41, 5.74) is 0. The topological polar surface area (TPSA) is 30.0 Å². The molecule has 2 atom stereocenters. The van der Waals surface area contributed by atoms with Gasteiger partial charge in [-0.2, -0.15) is 0 Å². The Labute approximate surface area is 180 Å². The lowest BCUT2D eigenvalue weighted by Gasteiger charge is -2.46. The number of carbonyl (C=O) groups excluding carboxylic acids is 1. The summed E-state index contributed by atoms with van der Waals surface area (Å²) in [6, 6.07) is 1.18. The van der Waals surface area contributed by atoms with Gasteiger partial charge in [0.05, 0.1) is 12.1 Å². The summed E-state index contributed by atoms with van der Waals surface area (Å²) in [5.74, 6) is 0.981. The Kier molecular flexibility index (Phi) is 7.56. The lowest BCUT2D eigenvalue weighted by molar-refractivity contribution is -0.130. The van der Waals surface area contributed by atoms with Crippen LogP contribution in [-0.4, -0.2) is 114 Å². The standard InChI is InChI=1S/C21H36Cl2N4O/c22-15-19(26-11-7-24(8-12-26)17-3-1-4-17)21(28)20(16-23)27-13-9-25(10-14-27)18-5-2-6-18/h17-20H,1-16H2. The molecule has 4 fully saturated rings. The zero-order valence-electron chi connectivity index (χ0n) is 17.1. The van der Waals surface area contributed by atoms with E-state index in [1.807, 2.05) is 0 Å². The first-order chi connectivity index (χ1) is 13.7. The van der Waals surface area contributed by atoms with Crippen LogP contribution in [0, 0.1) is 0 Å². The van der Waals surface area contributed by atoms with Crippen molar-refractivity contribution >= 4 is 29.0 Å². The maximum absolute atomic E-state index is 13.4. The van der Waals surface area contributed by atoms with E-state index in [9.17, 15) is 4.79 Å². The third kappa shape index (κ3) is 4.55. The van der Waals surface area contributed by atoms with E-state index in [1.165, 1.54) is 38.5 Å². The molecule has 28 heavy (non-hydrogen) atoms. The van der Waals surface area contributed by atoms with Gasteiger partial charge in [-0.25, -0.2) is 0 Å². The van der Waals surface area contributed by atoms with Crippen molar-refractivity contribution in [2.45, 2.75) is 62.7 Å². The summed E-state index contributed by atoms with van der Waals surface area (Å²) in [4.78, 5) is 23.2. The molecule has 2 heterocycles. The fraction of sp³-hybridized carbons (Fsp3) is 0.952. The van der Waals surface area contributed by atoms with Crippen molar-refractivity contribution < 1.29 is 4.79 Å². The molecule has 5 nitrogen and oxygen atoms in total. The Morgan fingerprint density at radius 3 is 1.29 bits per heavy atom. The van der Waals surface area contributed by atoms with Gasteiger partial charge < -0.3 is 0 Å². The molecule has 0 radical (unpaired) electrons. The van der Waals surface area contributed by atoms with Crippen molar-refractivity contribution in [1.82, 2.24) is 19.6 Å². The fourth-order valence-electron chi connectivity index (χ4n) is 5.26. The van der Waals surface area contributed by atoms with Crippen molar-refractivity contribution in [1.29, 1.82) is 0 Å². The van der Waals surface area contributed by atoms with Gasteiger partial charge in [-0.1, -0.05) is 12.8 Å². The van der Waals surface area contributed by atoms with Crippen LogP contribution in [0.3, 0.4) is 0 Å². The smallest absolute Gasteiger partial charge is 0.169 e. The largest absolute Gasteiger partial charge is 0.298 e. The Hall–Kier alpha value is 0.0900. The van der Waals surface area contributed by atoms with Gasteiger partial charge in [0.15, 0.2) is 5.78 Å². The number of nitrogens with zero attached hydrogens (tertiary/aromatic N) is 4. The van der Waals surface area contributed by atoms with Crippen molar-refractivity contribution in [3.63, 3.8) is 0 Å². The van der Waals surface area contributed by atoms with E-state index in [0.717, 1.165) is 64.4 Å². The molecule has 2 unspecified atom stereocenters. The number of Topliss-reactive ketones (excluding diaryl/α,β-unsaturated/α-hetero) is 1. The minimum atomic E-state index is -0.196. The van der Waals surface area contributed by atoms with Gasteiger partial charge in [0.2, 0.25) is 0 Å². The van der Waals surface area contributed by atoms with Crippen LogP contribution in [0.2, 0.25) is 0 Å². The molecule has 160 valence electrons. The molecular weight excluding hydrogens is 395 g/mol. The van der Waals surface area contributed by atoms with E-state index in [4.69, 9.17) is 23.2 Å². The first kappa shape index (κ1) is 21.3. The maximum atomic E-state index is 13.4. The second kappa shape index (κ2) is 9.93. The summed E-state index contributed by atoms with van der Waals surface area (Å²) in [6.45, 7) is 8.06. The zero-order valence-corrected chi connectivity index (χ0v) is 18.6. The van der Waals surface area contributed by atoms with Gasteiger partial charge in [-0.3, -0.25) is 24.4 Å². The molecule has 0 aromatic rings. The van der Waals surface area contributed by atoms with Crippen LogP contribution < -0.4 is 0 Å². The van der Waals surface area contributed by atoms with Crippen molar-refractivity contribution in [3.8, 4) is 0 Å². The number of hydrogen-bond acceptors (Lipinski definition) is 5. The van der Waals surface area contributed by atoms with E-state index < -0.39 is 0 Å². The third-order valence-corrected chi connectivity index (χ3v) is 8.30. The van der Waals surface area contributed by atoms with E-state index in [0.29, 0.717) is 11.8 Å². The van der Waals surface area contributed by atoms with Crippen LogP contribution in [0.1, 0.15) is 38.5 Å². The Balaban J connectivity index is 1.30. The quantitative estimate of drug-likeness (QED) is 0.550. The molecule has 0 N–H and O–H groups in total. The van der Waals surface area contributed by atoms with Crippen molar-refractivity contribution in [3.05, 3.63) is 0 Å². The van der Waals surface area contributed by atoms with Gasteiger partial charge in [-0.05, 0) is 25.7 Å². The number of ketones is 1. The number of carbonyl (C=O) groups is 1. The van der Waals surface area contributed by atoms with Crippen LogP contribution in [0.25, 0.3) is 0 Å². The SMILES string of the molecule is O=C(C(CCl)N1CCN(C2CCC2)CC1)C(CCl)N1CCN(C2CCC2)CC1. The summed E-state index contributed by atoms with van der Waals surface area (Å²) < 4.78 is 0. The third-order valence-electron chi connectivity index (χ3n) is 7.71. The van der Waals surface area contributed by atoms with Gasteiger partial charge in [0.25, 0.3) is 0 Å². The first-order valence-electron chi connectivity index (χ1n) is 11.3. The molecule has 2 saturated heterocycles. The number of piperazine rings is 2. The van der Waals surface area contributed by atoms with Gasteiger partial charge in [0.1, 0.15) is 0 Å². The summed E-state index contributed by atoms with van der Waals surface area (Å²) in [6.07, 6.45) is 8.13. The number of hydrogen-bond donors (Lipinski definition) is 0. The zero-order chi connectivity index (χ0) is 19.5. The lowest BCUT2D eigenvalue weighted by atomic mass is 9.90. The molecule has 2 saturated carbocycles. The summed E-state index contributed by atoms with van der Waals surface area (Å²) in [5, 5.41) is 0. The summed E-state index contributed by atoms with van der Waals surface area (Å²) in [7, 11) is 0. The van der Waals surface area contributed by atoms with E-state index in [1.54, 1.807) is 0 Å². The van der Waals surface area contributed by atoms with E-state index in [2.05, 4.69) is 19.6 Å². The normalized spacial score (nSPS) is 29.2. The molecule has 0 spiro atoms. The summed E-state index contributed by atoms with van der Waals surface area (Å²) >= 11 is 12.6. The average molecular weight is 431 g/mol. The molecule has 4 rings (SSSR count). The number of rotatable bonds is 8. The molecule has 4 aliphatic rings. The van der Waals surface area contributed by atoms with E-state index in [-0.39, 0.29) is 17.9 Å². The Morgan fingerprint density at radius 1 is 0.679 bits per heavy atom. The van der Waals surface area contributed by atoms with Gasteiger partial charge in [-0.15, -0.1) is 23.2 Å². The van der Waals surface area contributed by atoms with Crippen LogP contribution in [0.15, 0.2) is 0 Å². The lowest BCUT2D eigenvalue weighted by Crippen LogP contribution is -2.61. The molecular formula is C21H36Cl2N4O. The number of halogens is 2. The van der Waals surface area contributed by atoms with Crippen molar-refractivity contribution in [2.75, 3.05) is 64.1 Å². The second-order valence-corrected chi connectivity index (χ2v) is 9.67. The second-order valence-electron chi connectivity index (χ2n) is 9.06. The van der Waals surface area contributed by atoms with Crippen LogP contribution in [-0.2, 0) is 4.79 Å². The van der Waals surface area contributed by atoms with E-state index >= 15 is 0 Å². The van der Waals surface area contributed by atoms with Crippen LogP contribution >= 0.6 is 23.2 Å². The maximum Gasteiger partial charge on any atom is 0.169 e. The predicted molar refractivity (Wildman–Crippen MR) is 116 cm³/mol. The molecule has 7 heteroatoms. The predicted octanol–water partition coefficient (Wildman–Crippen LogP) is 2.11. The van der Waals surface area contributed by atoms with Gasteiger partial charge in [0, 0.05) is 76.2 Å². The fourth-order valence-corrected chi connectivity index (χ4v) is 5.96. The molecule has 0 aromatic carbocycles. The van der Waals surface area contributed by atoms with Gasteiger partial charge >= 0.3 is 0 Å². The average Bonchev–Trinajstić information content (AvgIpc) is 2.63. The minimum Gasteiger partial charge on any atom is -0.298 e. The highest BCUT2D eigenvalue weighted by Crippen LogP contribution is 2.27. The molecule has 0 aromatic heterocycles. The van der Waals surface area contributed by atoms with Crippen molar-refractivity contribution in [2.24, 2.45) is 0 Å². The minimum absolute atomic E-state index is 0.196. The number of alkyl halides is 2. The Morgan fingerprint density at radius 2 is 1.04 bits per heavy atom. The van der Waals surface area contributed by atoms with Crippen LogP contribution in [0.4, 0.5) is 0 Å². The highest BCUT2D eigenvalue weighted by Gasteiger charge is 2.38. The highest BCUT2D eigenvalue weighted by atomic mass is 35.5. The molecule has 2 aliphatic heterocycles. The Bertz CT molecular complexity index is 469. The van der Waals surface area contributed by atoms with Crippen LogP contribution in [0.5, 0.6) is 0 Å².